The molecular formula is C21H20N6O4S. The Bertz CT molecular complexity index is 1160. The fraction of sp³-hybridized carbons (Fsp3) is 0.0952. The number of carbonyl (C=O) groups excluding carboxylic acids is 2. The SMILES string of the molecule is NC(N)=Nc1nc(C(=O)Nc2cccc(C(=O)NC(CC(=O)O)c3ccccc3)c2)cs1. The van der Waals surface area contributed by atoms with Crippen molar-refractivity contribution >= 4 is 45.9 Å². The van der Waals surface area contributed by atoms with Crippen molar-refractivity contribution < 1.29 is 19.5 Å². The number of aliphatic imine (C=N–C) groups is 1. The quantitative estimate of drug-likeness (QED) is 0.257. The van der Waals surface area contributed by atoms with E-state index >= 15 is 0 Å². The number of carbonyl (C=O) groups is 3. The van der Waals surface area contributed by atoms with Gasteiger partial charge in [-0.1, -0.05) is 36.4 Å². The summed E-state index contributed by atoms with van der Waals surface area (Å²) in [6.07, 6.45) is -0.270. The van der Waals surface area contributed by atoms with Gasteiger partial charge in [-0.05, 0) is 23.8 Å². The Kier molecular flexibility index (Phi) is 7.13. The Labute approximate surface area is 187 Å². The molecule has 164 valence electrons. The number of carboxylic acid groups (broad SMARTS) is 1. The van der Waals surface area contributed by atoms with Gasteiger partial charge in [-0.15, -0.1) is 11.3 Å². The van der Waals surface area contributed by atoms with Gasteiger partial charge in [0.05, 0.1) is 12.5 Å². The molecule has 7 N–H and O–H groups in total. The molecule has 0 aliphatic carbocycles. The Balaban J connectivity index is 1.72. The maximum atomic E-state index is 12.8. The van der Waals surface area contributed by atoms with Crippen molar-refractivity contribution in [1.29, 1.82) is 0 Å². The predicted molar refractivity (Wildman–Crippen MR) is 121 cm³/mol. The topological polar surface area (TPSA) is 173 Å². The lowest BCUT2D eigenvalue weighted by Crippen LogP contribution is -2.30. The Morgan fingerprint density at radius 3 is 2.50 bits per heavy atom. The molecule has 1 aromatic heterocycles. The third-order valence-corrected chi connectivity index (χ3v) is 4.95. The first-order valence-corrected chi connectivity index (χ1v) is 10.2. The van der Waals surface area contributed by atoms with Crippen LogP contribution in [0.3, 0.4) is 0 Å². The van der Waals surface area contributed by atoms with E-state index in [-0.39, 0.29) is 28.8 Å². The highest BCUT2D eigenvalue weighted by Crippen LogP contribution is 2.21. The van der Waals surface area contributed by atoms with Crippen LogP contribution in [0.15, 0.2) is 65.0 Å². The highest BCUT2D eigenvalue weighted by molar-refractivity contribution is 7.13. The minimum absolute atomic E-state index is 0.121. The zero-order valence-electron chi connectivity index (χ0n) is 16.7. The average molecular weight is 452 g/mol. The van der Waals surface area contributed by atoms with E-state index < -0.39 is 23.8 Å². The molecule has 3 aromatic rings. The van der Waals surface area contributed by atoms with E-state index in [4.69, 9.17) is 11.5 Å². The predicted octanol–water partition coefficient (Wildman–Crippen LogP) is 2.25. The molecule has 0 bridgehead atoms. The molecule has 2 aromatic carbocycles. The zero-order valence-corrected chi connectivity index (χ0v) is 17.5. The summed E-state index contributed by atoms with van der Waals surface area (Å²) < 4.78 is 0. The first-order chi connectivity index (χ1) is 15.3. The largest absolute Gasteiger partial charge is 0.481 e. The van der Waals surface area contributed by atoms with Crippen LogP contribution in [0.4, 0.5) is 10.8 Å². The van der Waals surface area contributed by atoms with Gasteiger partial charge in [-0.25, -0.2) is 4.98 Å². The molecule has 10 nitrogen and oxygen atoms in total. The van der Waals surface area contributed by atoms with Crippen molar-refractivity contribution in [1.82, 2.24) is 10.3 Å². The number of thiazole rings is 1. The number of anilines is 1. The van der Waals surface area contributed by atoms with Crippen LogP contribution >= 0.6 is 11.3 Å². The molecule has 0 fully saturated rings. The molecule has 1 atom stereocenters. The Morgan fingerprint density at radius 2 is 1.81 bits per heavy atom. The van der Waals surface area contributed by atoms with Crippen LogP contribution < -0.4 is 22.1 Å². The van der Waals surface area contributed by atoms with E-state index in [1.807, 2.05) is 0 Å². The highest BCUT2D eigenvalue weighted by atomic mass is 32.1. The van der Waals surface area contributed by atoms with Gasteiger partial charge in [0.25, 0.3) is 11.8 Å². The maximum absolute atomic E-state index is 12.8. The molecule has 0 aliphatic heterocycles. The number of carboxylic acids is 1. The van der Waals surface area contributed by atoms with Crippen LogP contribution in [0.5, 0.6) is 0 Å². The number of benzene rings is 2. The Hall–Kier alpha value is -4.25. The summed E-state index contributed by atoms with van der Waals surface area (Å²) in [4.78, 5) is 44.3. The van der Waals surface area contributed by atoms with Crippen LogP contribution in [0.25, 0.3) is 0 Å². The van der Waals surface area contributed by atoms with E-state index in [1.54, 1.807) is 48.5 Å². The molecule has 3 rings (SSSR count). The second-order valence-corrected chi connectivity index (χ2v) is 7.46. The van der Waals surface area contributed by atoms with Gasteiger partial charge in [-0.3, -0.25) is 14.4 Å². The summed E-state index contributed by atoms with van der Waals surface area (Å²) in [5.74, 6) is -2.17. The summed E-state index contributed by atoms with van der Waals surface area (Å²) in [6.45, 7) is 0. The van der Waals surface area contributed by atoms with Gasteiger partial charge in [0.15, 0.2) is 5.96 Å². The summed E-state index contributed by atoms with van der Waals surface area (Å²) in [6, 6.07) is 14.4. The summed E-state index contributed by atoms with van der Waals surface area (Å²) >= 11 is 1.10. The fourth-order valence-electron chi connectivity index (χ4n) is 2.82. The second kappa shape index (κ2) is 10.2. The number of nitrogens with one attached hydrogen (secondary N) is 2. The number of hydrogen-bond donors (Lipinski definition) is 5. The first kappa shape index (κ1) is 22.4. The zero-order chi connectivity index (χ0) is 23.1. The second-order valence-electron chi connectivity index (χ2n) is 6.62. The highest BCUT2D eigenvalue weighted by Gasteiger charge is 2.19. The summed E-state index contributed by atoms with van der Waals surface area (Å²) in [5, 5.41) is 16.3. The molecule has 32 heavy (non-hydrogen) atoms. The number of nitrogens with zero attached hydrogens (tertiary/aromatic N) is 2. The molecule has 0 spiro atoms. The van der Waals surface area contributed by atoms with Gasteiger partial charge in [0.2, 0.25) is 5.13 Å². The lowest BCUT2D eigenvalue weighted by Gasteiger charge is -2.17. The van der Waals surface area contributed by atoms with E-state index in [9.17, 15) is 19.5 Å². The lowest BCUT2D eigenvalue weighted by atomic mass is 10.0. The molecule has 11 heteroatoms. The van der Waals surface area contributed by atoms with Crippen LogP contribution in [-0.2, 0) is 4.79 Å². The van der Waals surface area contributed by atoms with Crippen molar-refractivity contribution in [3.05, 3.63) is 76.8 Å². The summed E-state index contributed by atoms with van der Waals surface area (Å²) in [5.41, 5.74) is 12.0. The monoisotopic (exact) mass is 452 g/mol. The van der Waals surface area contributed by atoms with Crippen molar-refractivity contribution in [2.24, 2.45) is 16.5 Å². The number of amides is 2. The minimum Gasteiger partial charge on any atom is -0.481 e. The molecule has 1 unspecified atom stereocenters. The summed E-state index contributed by atoms with van der Waals surface area (Å²) in [7, 11) is 0. The number of guanidine groups is 1. The molecule has 0 saturated heterocycles. The lowest BCUT2D eigenvalue weighted by molar-refractivity contribution is -0.137. The average Bonchev–Trinajstić information content (AvgIpc) is 3.21. The third-order valence-electron chi connectivity index (χ3n) is 4.22. The van der Waals surface area contributed by atoms with Crippen LogP contribution in [0, 0.1) is 0 Å². The van der Waals surface area contributed by atoms with Crippen LogP contribution in [-0.4, -0.2) is 33.8 Å². The standard InChI is InChI=1S/C21H20N6O4S/c22-20(23)27-21-26-16(11-32-21)19(31)24-14-8-4-7-13(9-14)18(30)25-15(10-17(28)29)12-5-2-1-3-6-12/h1-9,11,15H,10H2,(H,24,31)(H,25,30)(H,28,29)(H4,22,23,26,27). The van der Waals surface area contributed by atoms with Crippen LogP contribution in [0.1, 0.15) is 38.9 Å². The first-order valence-electron chi connectivity index (χ1n) is 9.36. The van der Waals surface area contributed by atoms with Crippen molar-refractivity contribution in [3.8, 4) is 0 Å². The number of aliphatic carboxylic acids is 1. The fourth-order valence-corrected chi connectivity index (χ4v) is 3.50. The third kappa shape index (κ3) is 6.12. The van der Waals surface area contributed by atoms with Gasteiger partial charge < -0.3 is 27.2 Å². The van der Waals surface area contributed by atoms with E-state index in [1.165, 1.54) is 11.4 Å². The maximum Gasteiger partial charge on any atom is 0.305 e. The minimum atomic E-state index is -1.04. The molecular weight excluding hydrogens is 432 g/mol. The van der Waals surface area contributed by atoms with Crippen molar-refractivity contribution in [2.45, 2.75) is 12.5 Å². The Morgan fingerprint density at radius 1 is 1.06 bits per heavy atom. The van der Waals surface area contributed by atoms with E-state index in [0.29, 0.717) is 11.3 Å². The number of nitrogens with two attached hydrogens (primary N) is 2. The van der Waals surface area contributed by atoms with Gasteiger partial charge >= 0.3 is 5.97 Å². The smallest absolute Gasteiger partial charge is 0.305 e. The van der Waals surface area contributed by atoms with Crippen LogP contribution in [0.2, 0.25) is 0 Å². The van der Waals surface area contributed by atoms with Gasteiger partial charge in [-0.2, -0.15) is 4.99 Å². The molecule has 0 radical (unpaired) electrons. The number of aromatic nitrogens is 1. The number of rotatable bonds is 8. The van der Waals surface area contributed by atoms with Crippen molar-refractivity contribution in [3.63, 3.8) is 0 Å². The van der Waals surface area contributed by atoms with E-state index in [2.05, 4.69) is 20.6 Å². The van der Waals surface area contributed by atoms with E-state index in [0.717, 1.165) is 11.3 Å². The molecule has 0 saturated carbocycles. The molecule has 0 aliphatic rings. The van der Waals surface area contributed by atoms with Gasteiger partial charge in [0, 0.05) is 16.6 Å². The molecule has 2 amide bonds. The van der Waals surface area contributed by atoms with Gasteiger partial charge in [0.1, 0.15) is 5.69 Å². The number of hydrogen-bond acceptors (Lipinski definition) is 6. The normalized spacial score (nSPS) is 11.2. The molecule has 1 heterocycles. The van der Waals surface area contributed by atoms with Crippen molar-refractivity contribution in [2.75, 3.05) is 5.32 Å².